The molecule has 5 nitrogen and oxygen atoms in total. The molecule has 1 rings (SSSR count). The van der Waals surface area contributed by atoms with Crippen molar-refractivity contribution in [2.75, 3.05) is 26.2 Å². The molecule has 0 fully saturated rings. The van der Waals surface area contributed by atoms with E-state index in [4.69, 9.17) is 5.11 Å². The van der Waals surface area contributed by atoms with Crippen molar-refractivity contribution < 1.29 is 14.5 Å². The monoisotopic (exact) mass is 406 g/mol. The third-order valence-corrected chi connectivity index (χ3v) is 5.58. The number of aliphatic carboxylic acids is 1. The summed E-state index contributed by atoms with van der Waals surface area (Å²) in [6.45, 7) is 6.94. The van der Waals surface area contributed by atoms with Gasteiger partial charge in [-0.25, -0.2) is 9.37 Å². The zero-order chi connectivity index (χ0) is 21.2. The van der Waals surface area contributed by atoms with E-state index in [0.29, 0.717) is 13.0 Å². The molecule has 0 aliphatic carbocycles. The average Bonchev–Trinajstić information content (AvgIpc) is 2.67. The fourth-order valence-electron chi connectivity index (χ4n) is 3.70. The van der Waals surface area contributed by atoms with E-state index in [-0.39, 0.29) is 12.7 Å². The van der Waals surface area contributed by atoms with Crippen LogP contribution in [0.15, 0.2) is 0 Å². The lowest BCUT2D eigenvalue weighted by atomic mass is 10.1. The number of rotatable bonds is 17. The van der Waals surface area contributed by atoms with Crippen LogP contribution in [-0.2, 0) is 4.79 Å². The molecule has 166 valence electrons. The molecule has 1 unspecified atom stereocenters. The van der Waals surface area contributed by atoms with Crippen LogP contribution in [0.5, 0.6) is 0 Å². The first-order chi connectivity index (χ1) is 14.1. The van der Waals surface area contributed by atoms with Crippen molar-refractivity contribution in [3.63, 3.8) is 0 Å². The van der Waals surface area contributed by atoms with E-state index < -0.39 is 5.97 Å². The summed E-state index contributed by atoms with van der Waals surface area (Å²) >= 11 is 0. The van der Waals surface area contributed by atoms with Gasteiger partial charge in [-0.2, -0.15) is 0 Å². The molecule has 1 aliphatic heterocycles. The van der Waals surface area contributed by atoms with Gasteiger partial charge in [0.1, 0.15) is 0 Å². The molecule has 0 saturated carbocycles. The van der Waals surface area contributed by atoms with E-state index in [0.717, 1.165) is 13.1 Å². The second kappa shape index (κ2) is 17.3. The normalized spacial score (nSPS) is 15.1. The summed E-state index contributed by atoms with van der Waals surface area (Å²) < 4.78 is 1.85. The third-order valence-electron chi connectivity index (χ3n) is 5.58. The Morgan fingerprint density at radius 3 is 2.24 bits per heavy atom. The smallest absolute Gasteiger partial charge is 0.369 e. The Hall–Kier alpha value is -1.54. The molecule has 0 amide bonds. The van der Waals surface area contributed by atoms with Gasteiger partial charge in [-0.3, -0.25) is 5.32 Å². The van der Waals surface area contributed by atoms with E-state index in [1.165, 1.54) is 77.0 Å². The predicted molar refractivity (Wildman–Crippen MR) is 121 cm³/mol. The van der Waals surface area contributed by atoms with Gasteiger partial charge in [0.25, 0.3) is 0 Å². The summed E-state index contributed by atoms with van der Waals surface area (Å²) in [4.78, 5) is 13.0. The summed E-state index contributed by atoms with van der Waals surface area (Å²) in [5.74, 6) is 2.32. The predicted octanol–water partition coefficient (Wildman–Crippen LogP) is 4.46. The highest BCUT2D eigenvalue weighted by atomic mass is 16.4. The van der Waals surface area contributed by atoms with Gasteiger partial charge >= 0.3 is 5.97 Å². The summed E-state index contributed by atoms with van der Waals surface area (Å²) in [6, 6.07) is 3.21. The lowest BCUT2D eigenvalue weighted by Crippen LogP contribution is -2.44. The molecule has 0 saturated heterocycles. The fraction of sp³-hybridized carbons (Fsp3) is 0.833. The molecule has 2 N–H and O–H groups in total. The Morgan fingerprint density at radius 1 is 1.07 bits per heavy atom. The van der Waals surface area contributed by atoms with Gasteiger partial charge in [0, 0.05) is 6.04 Å². The van der Waals surface area contributed by atoms with Crippen LogP contribution in [0.3, 0.4) is 0 Å². The average molecular weight is 407 g/mol. The van der Waals surface area contributed by atoms with Gasteiger partial charge in [0.15, 0.2) is 12.8 Å². The van der Waals surface area contributed by atoms with Crippen molar-refractivity contribution in [2.45, 2.75) is 103 Å². The van der Waals surface area contributed by atoms with Gasteiger partial charge in [-0.05, 0) is 19.9 Å². The van der Waals surface area contributed by atoms with Crippen LogP contribution in [0, 0.1) is 12.0 Å². The van der Waals surface area contributed by atoms with Crippen LogP contribution in [0.2, 0.25) is 0 Å². The van der Waals surface area contributed by atoms with E-state index >= 15 is 0 Å². The first-order valence-electron chi connectivity index (χ1n) is 11.9. The fourth-order valence-corrected chi connectivity index (χ4v) is 3.70. The quantitative estimate of drug-likeness (QED) is 0.213. The number of nitrogens with zero attached hydrogens (tertiary/aromatic N) is 2. The molecular formula is C24H44N3O2+. The molecule has 0 aromatic heterocycles. The Kier molecular flexibility index (Phi) is 15.2. The Morgan fingerprint density at radius 2 is 1.66 bits per heavy atom. The van der Waals surface area contributed by atoms with E-state index in [2.05, 4.69) is 36.0 Å². The molecular weight excluding hydrogens is 362 g/mol. The maximum atomic E-state index is 10.9. The van der Waals surface area contributed by atoms with Crippen molar-refractivity contribution in [3.05, 3.63) is 0 Å². The van der Waals surface area contributed by atoms with Crippen LogP contribution in [0.1, 0.15) is 97.3 Å². The molecule has 1 atom stereocenters. The van der Waals surface area contributed by atoms with Crippen molar-refractivity contribution >= 4 is 12.2 Å². The molecule has 1 aliphatic rings. The Bertz CT molecular complexity index is 522. The highest BCUT2D eigenvalue weighted by Gasteiger charge is 2.16. The SMILES string of the molecule is CCCCCCCCCCCCCCNC(C)N1C#CCC=[N+](CC(=O)O)CC1. The lowest BCUT2D eigenvalue weighted by molar-refractivity contribution is -0.514. The molecule has 0 aromatic rings. The van der Waals surface area contributed by atoms with Crippen LogP contribution in [0.4, 0.5) is 0 Å². The molecule has 5 heteroatoms. The van der Waals surface area contributed by atoms with E-state index in [9.17, 15) is 4.79 Å². The number of carboxylic acids is 1. The second-order valence-electron chi connectivity index (χ2n) is 8.25. The third kappa shape index (κ3) is 14.1. The summed E-state index contributed by atoms with van der Waals surface area (Å²) in [5.41, 5.74) is 0. The first-order valence-corrected chi connectivity index (χ1v) is 11.9. The topological polar surface area (TPSA) is 55.6 Å². The molecule has 0 radical (unpaired) electrons. The Labute approximate surface area is 178 Å². The van der Waals surface area contributed by atoms with Gasteiger partial charge in [0.2, 0.25) is 6.54 Å². The number of hydrogen-bond acceptors (Lipinski definition) is 3. The number of hydrogen-bond donors (Lipinski definition) is 2. The summed E-state index contributed by atoms with van der Waals surface area (Å²) in [5, 5.41) is 12.5. The molecule has 29 heavy (non-hydrogen) atoms. The van der Waals surface area contributed by atoms with Crippen molar-refractivity contribution in [2.24, 2.45) is 0 Å². The standard InChI is InChI=1S/C24H43N3O2/c1-3-4-5-6-7-8-9-10-11-12-13-14-17-25-23(2)27-19-16-15-18-26(20-21-27)22-24(28)29/h18,23,25H,3-15,17,20-22H2,1-2H3/p+1. The van der Waals surface area contributed by atoms with Crippen LogP contribution in [0.25, 0.3) is 0 Å². The van der Waals surface area contributed by atoms with Crippen LogP contribution < -0.4 is 5.32 Å². The minimum absolute atomic E-state index is 0.0518. The minimum Gasteiger partial charge on any atom is -0.477 e. The van der Waals surface area contributed by atoms with Gasteiger partial charge in [-0.15, -0.1) is 0 Å². The largest absolute Gasteiger partial charge is 0.477 e. The van der Waals surface area contributed by atoms with Gasteiger partial charge < -0.3 is 10.0 Å². The van der Waals surface area contributed by atoms with E-state index in [1.807, 2.05) is 10.8 Å². The number of nitrogens with one attached hydrogen (secondary N) is 1. The van der Waals surface area contributed by atoms with E-state index in [1.54, 1.807) is 0 Å². The zero-order valence-electron chi connectivity index (χ0n) is 18.9. The van der Waals surface area contributed by atoms with Crippen molar-refractivity contribution in [1.29, 1.82) is 0 Å². The lowest BCUT2D eigenvalue weighted by Gasteiger charge is -2.26. The number of carboxylic acid groups (broad SMARTS) is 1. The molecule has 1 heterocycles. The number of carbonyl (C=O) groups is 1. The minimum atomic E-state index is -0.792. The highest BCUT2D eigenvalue weighted by Crippen LogP contribution is 2.11. The summed E-state index contributed by atoms with van der Waals surface area (Å²) in [6.07, 6.45) is 19.1. The van der Waals surface area contributed by atoms with Crippen molar-refractivity contribution in [3.8, 4) is 12.0 Å². The van der Waals surface area contributed by atoms with Crippen molar-refractivity contribution in [1.82, 2.24) is 10.2 Å². The maximum absolute atomic E-state index is 10.9. The zero-order valence-corrected chi connectivity index (χ0v) is 18.9. The van der Waals surface area contributed by atoms with Gasteiger partial charge in [-0.1, -0.05) is 83.5 Å². The second-order valence-corrected chi connectivity index (χ2v) is 8.25. The number of unbranched alkanes of at least 4 members (excludes halogenated alkanes) is 11. The molecule has 0 bridgehead atoms. The van der Waals surface area contributed by atoms with Gasteiger partial charge in [0.05, 0.1) is 19.1 Å². The first kappa shape index (κ1) is 25.5. The van der Waals surface area contributed by atoms with Crippen LogP contribution in [-0.4, -0.2) is 59.1 Å². The molecule has 0 aromatic carbocycles. The van der Waals surface area contributed by atoms with Crippen LogP contribution >= 0.6 is 0 Å². The summed E-state index contributed by atoms with van der Waals surface area (Å²) in [7, 11) is 0. The maximum Gasteiger partial charge on any atom is 0.369 e. The molecule has 0 spiro atoms. The highest BCUT2D eigenvalue weighted by molar-refractivity contribution is 5.68. The Balaban J connectivity index is 2.01.